The zero-order valence-corrected chi connectivity index (χ0v) is 10.0. The number of carbonyl (C=O) groups is 1. The van der Waals surface area contributed by atoms with Gasteiger partial charge < -0.3 is 5.11 Å². The number of hydrogen-bond donors (Lipinski definition) is 1. The molecule has 1 N–H and O–H groups in total. The van der Waals surface area contributed by atoms with Crippen molar-refractivity contribution in [2.45, 2.75) is 19.3 Å². The van der Waals surface area contributed by atoms with Crippen LogP contribution in [-0.2, 0) is 12.8 Å². The van der Waals surface area contributed by atoms with E-state index in [1.807, 2.05) is 12.1 Å². The van der Waals surface area contributed by atoms with E-state index < -0.39 is 0 Å². The van der Waals surface area contributed by atoms with Gasteiger partial charge in [0, 0.05) is 11.1 Å². The third-order valence-electron chi connectivity index (χ3n) is 3.49. The maximum Gasteiger partial charge on any atom is 0.193 e. The number of aromatic hydroxyl groups is 1. The Morgan fingerprint density at radius 3 is 2.33 bits per heavy atom. The van der Waals surface area contributed by atoms with Crippen LogP contribution in [0.3, 0.4) is 0 Å². The minimum atomic E-state index is 0.0182. The van der Waals surface area contributed by atoms with Gasteiger partial charge in [-0.05, 0) is 60.7 Å². The van der Waals surface area contributed by atoms with Crippen molar-refractivity contribution in [3.63, 3.8) is 0 Å². The summed E-state index contributed by atoms with van der Waals surface area (Å²) in [6.45, 7) is 0. The summed E-state index contributed by atoms with van der Waals surface area (Å²) in [6.07, 6.45) is 3.39. The topological polar surface area (TPSA) is 37.3 Å². The zero-order chi connectivity index (χ0) is 12.5. The number of ketones is 1. The predicted octanol–water partition coefficient (Wildman–Crippen LogP) is 3.11. The summed E-state index contributed by atoms with van der Waals surface area (Å²) < 4.78 is 0. The zero-order valence-electron chi connectivity index (χ0n) is 10.0. The molecule has 0 heterocycles. The number of rotatable bonds is 2. The second kappa shape index (κ2) is 4.30. The van der Waals surface area contributed by atoms with Crippen molar-refractivity contribution < 1.29 is 9.90 Å². The molecule has 0 bridgehead atoms. The first-order valence-electron chi connectivity index (χ1n) is 6.19. The molecule has 1 aliphatic rings. The fraction of sp³-hybridized carbons (Fsp3) is 0.188. The quantitative estimate of drug-likeness (QED) is 0.816. The van der Waals surface area contributed by atoms with Gasteiger partial charge in [0.25, 0.3) is 0 Å². The fourth-order valence-corrected chi connectivity index (χ4v) is 2.49. The average molecular weight is 238 g/mol. The highest BCUT2D eigenvalue weighted by Crippen LogP contribution is 2.24. The summed E-state index contributed by atoms with van der Waals surface area (Å²) in [5.74, 6) is 0.199. The van der Waals surface area contributed by atoms with E-state index in [0.717, 1.165) is 18.4 Å². The largest absolute Gasteiger partial charge is 0.508 e. The molecule has 0 spiro atoms. The van der Waals surface area contributed by atoms with E-state index in [2.05, 4.69) is 6.07 Å². The lowest BCUT2D eigenvalue weighted by molar-refractivity contribution is 0.103. The predicted molar refractivity (Wildman–Crippen MR) is 70.0 cm³/mol. The third-order valence-corrected chi connectivity index (χ3v) is 3.49. The summed E-state index contributed by atoms with van der Waals surface area (Å²) in [7, 11) is 0. The van der Waals surface area contributed by atoms with E-state index in [1.165, 1.54) is 17.5 Å². The van der Waals surface area contributed by atoms with Crippen LogP contribution in [0.4, 0.5) is 0 Å². The van der Waals surface area contributed by atoms with Crippen molar-refractivity contribution in [2.24, 2.45) is 0 Å². The van der Waals surface area contributed by atoms with Crippen LogP contribution in [0, 0.1) is 0 Å². The smallest absolute Gasteiger partial charge is 0.193 e. The Morgan fingerprint density at radius 2 is 1.56 bits per heavy atom. The van der Waals surface area contributed by atoms with Gasteiger partial charge in [0.15, 0.2) is 5.78 Å². The summed E-state index contributed by atoms with van der Waals surface area (Å²) in [5, 5.41) is 9.22. The number of phenolic OH excluding ortho intramolecular Hbond substituents is 1. The van der Waals surface area contributed by atoms with E-state index in [-0.39, 0.29) is 11.5 Å². The molecule has 0 aromatic heterocycles. The Morgan fingerprint density at radius 1 is 0.889 bits per heavy atom. The summed E-state index contributed by atoms with van der Waals surface area (Å²) in [6, 6.07) is 12.4. The molecule has 0 aliphatic heterocycles. The van der Waals surface area contributed by atoms with Crippen molar-refractivity contribution in [2.75, 3.05) is 0 Å². The van der Waals surface area contributed by atoms with Crippen LogP contribution in [0.25, 0.3) is 0 Å². The van der Waals surface area contributed by atoms with Crippen molar-refractivity contribution in [1.82, 2.24) is 0 Å². The van der Waals surface area contributed by atoms with Crippen molar-refractivity contribution in [1.29, 1.82) is 0 Å². The summed E-state index contributed by atoms with van der Waals surface area (Å²) in [5.41, 5.74) is 4.03. The van der Waals surface area contributed by atoms with Gasteiger partial charge in [-0.3, -0.25) is 4.79 Å². The van der Waals surface area contributed by atoms with Gasteiger partial charge in [-0.15, -0.1) is 0 Å². The van der Waals surface area contributed by atoms with Crippen LogP contribution in [0.15, 0.2) is 42.5 Å². The Kier molecular flexibility index (Phi) is 2.63. The normalized spacial score (nSPS) is 13.3. The minimum absolute atomic E-state index is 0.0182. The molecule has 0 unspecified atom stereocenters. The standard InChI is InChI=1S/C16H14O2/c17-15-8-6-12(7-9-15)16(18)14-5-4-11-2-1-3-13(11)10-14/h4-10,17H,1-3H2. The van der Waals surface area contributed by atoms with E-state index in [1.54, 1.807) is 24.3 Å². The molecular formula is C16H14O2. The Bertz CT molecular complexity index is 597. The number of fused-ring (bicyclic) bond motifs is 1. The lowest BCUT2D eigenvalue weighted by Crippen LogP contribution is -2.01. The number of carbonyl (C=O) groups excluding carboxylic acids is 1. The molecule has 0 saturated carbocycles. The van der Waals surface area contributed by atoms with Crippen LogP contribution in [0.1, 0.15) is 33.5 Å². The molecule has 3 rings (SSSR count). The van der Waals surface area contributed by atoms with Gasteiger partial charge in [0.1, 0.15) is 5.75 Å². The second-order valence-corrected chi connectivity index (χ2v) is 4.71. The molecule has 18 heavy (non-hydrogen) atoms. The SMILES string of the molecule is O=C(c1ccc(O)cc1)c1ccc2c(c1)CCC2. The highest BCUT2D eigenvalue weighted by Gasteiger charge is 2.14. The highest BCUT2D eigenvalue weighted by molar-refractivity contribution is 6.09. The Balaban J connectivity index is 1.95. The molecule has 2 nitrogen and oxygen atoms in total. The summed E-state index contributed by atoms with van der Waals surface area (Å²) in [4.78, 5) is 12.3. The first-order valence-corrected chi connectivity index (χ1v) is 6.19. The van der Waals surface area contributed by atoms with Crippen LogP contribution in [-0.4, -0.2) is 10.9 Å². The highest BCUT2D eigenvalue weighted by atomic mass is 16.3. The summed E-state index contributed by atoms with van der Waals surface area (Å²) >= 11 is 0. The first kappa shape index (κ1) is 11.0. The van der Waals surface area contributed by atoms with Gasteiger partial charge in [-0.25, -0.2) is 0 Å². The van der Waals surface area contributed by atoms with Gasteiger partial charge in [-0.2, -0.15) is 0 Å². The number of phenols is 1. The monoisotopic (exact) mass is 238 g/mol. The fourth-order valence-electron chi connectivity index (χ4n) is 2.49. The van der Waals surface area contributed by atoms with Crippen LogP contribution in [0.2, 0.25) is 0 Å². The molecule has 1 aliphatic carbocycles. The number of hydrogen-bond acceptors (Lipinski definition) is 2. The van der Waals surface area contributed by atoms with Gasteiger partial charge in [0.2, 0.25) is 0 Å². The molecule has 0 atom stereocenters. The van der Waals surface area contributed by atoms with Crippen molar-refractivity contribution in [3.8, 4) is 5.75 Å². The molecule has 0 saturated heterocycles. The minimum Gasteiger partial charge on any atom is -0.508 e. The maximum atomic E-state index is 12.3. The van der Waals surface area contributed by atoms with Crippen molar-refractivity contribution >= 4 is 5.78 Å². The molecule has 90 valence electrons. The average Bonchev–Trinajstić information content (AvgIpc) is 2.86. The number of benzene rings is 2. The van der Waals surface area contributed by atoms with Crippen molar-refractivity contribution in [3.05, 3.63) is 64.7 Å². The first-order chi connectivity index (χ1) is 8.74. The van der Waals surface area contributed by atoms with E-state index >= 15 is 0 Å². The van der Waals surface area contributed by atoms with E-state index in [9.17, 15) is 9.90 Å². The van der Waals surface area contributed by atoms with E-state index in [4.69, 9.17) is 0 Å². The van der Waals surface area contributed by atoms with Crippen LogP contribution >= 0.6 is 0 Å². The Labute approximate surface area is 106 Å². The van der Waals surface area contributed by atoms with E-state index in [0.29, 0.717) is 5.56 Å². The molecule has 2 aromatic carbocycles. The van der Waals surface area contributed by atoms with Crippen LogP contribution < -0.4 is 0 Å². The Hall–Kier alpha value is -2.09. The second-order valence-electron chi connectivity index (χ2n) is 4.71. The molecule has 0 radical (unpaired) electrons. The molecule has 2 heteroatoms. The third kappa shape index (κ3) is 1.90. The lowest BCUT2D eigenvalue weighted by Gasteiger charge is -2.04. The molecular weight excluding hydrogens is 224 g/mol. The maximum absolute atomic E-state index is 12.3. The van der Waals surface area contributed by atoms with Gasteiger partial charge in [0.05, 0.1) is 0 Å². The molecule has 0 fully saturated rings. The molecule has 2 aromatic rings. The van der Waals surface area contributed by atoms with Gasteiger partial charge in [-0.1, -0.05) is 12.1 Å². The number of aryl methyl sites for hydroxylation is 2. The lowest BCUT2D eigenvalue weighted by atomic mass is 9.99. The van der Waals surface area contributed by atoms with Crippen LogP contribution in [0.5, 0.6) is 5.75 Å². The van der Waals surface area contributed by atoms with Gasteiger partial charge >= 0.3 is 0 Å². The molecule has 0 amide bonds.